The average Bonchev–Trinajstić information content (AvgIpc) is 2.28. The van der Waals surface area contributed by atoms with E-state index in [1.807, 2.05) is 37.3 Å². The summed E-state index contributed by atoms with van der Waals surface area (Å²) in [6.07, 6.45) is 0.743. The van der Waals surface area contributed by atoms with E-state index in [-0.39, 0.29) is 11.5 Å². The molecule has 16 heavy (non-hydrogen) atoms. The lowest BCUT2D eigenvalue weighted by Crippen LogP contribution is -2.00. The Labute approximate surface area is 94.5 Å². The molecule has 0 aliphatic heterocycles. The van der Waals surface area contributed by atoms with Crippen molar-refractivity contribution >= 4 is 16.6 Å². The first kappa shape index (κ1) is 10.7. The molecule has 0 heterocycles. The lowest BCUT2D eigenvalue weighted by atomic mass is 9.96. The van der Waals surface area contributed by atoms with E-state index in [0.29, 0.717) is 5.56 Å². The molecular weight excluding hydrogens is 200 g/mol. The maximum Gasteiger partial charge on any atom is 0.163 e. The highest BCUT2D eigenvalue weighted by atomic mass is 16.3. The first-order chi connectivity index (χ1) is 7.65. The Balaban J connectivity index is 2.87. The van der Waals surface area contributed by atoms with E-state index in [2.05, 4.69) is 0 Å². The van der Waals surface area contributed by atoms with Gasteiger partial charge < -0.3 is 5.11 Å². The highest BCUT2D eigenvalue weighted by molar-refractivity contribution is 6.05. The van der Waals surface area contributed by atoms with Crippen LogP contribution in [0.25, 0.3) is 10.8 Å². The van der Waals surface area contributed by atoms with Gasteiger partial charge in [0.15, 0.2) is 5.78 Å². The van der Waals surface area contributed by atoms with Gasteiger partial charge in [0.1, 0.15) is 5.75 Å². The molecule has 0 radical (unpaired) electrons. The minimum atomic E-state index is -0.0832. The van der Waals surface area contributed by atoms with Gasteiger partial charge in [0.2, 0.25) is 0 Å². The van der Waals surface area contributed by atoms with E-state index in [1.54, 1.807) is 0 Å². The van der Waals surface area contributed by atoms with Crippen molar-refractivity contribution in [1.29, 1.82) is 0 Å². The third-order valence-corrected chi connectivity index (χ3v) is 2.84. The number of hydrogen-bond donors (Lipinski definition) is 1. The Kier molecular flexibility index (Phi) is 2.65. The highest BCUT2D eigenvalue weighted by Gasteiger charge is 2.14. The zero-order valence-corrected chi connectivity index (χ0v) is 9.45. The molecule has 2 aromatic carbocycles. The maximum atomic E-state index is 11.5. The predicted molar refractivity (Wildman–Crippen MR) is 65.0 cm³/mol. The fraction of sp³-hybridized carbons (Fsp3) is 0.214. The van der Waals surface area contributed by atoms with Gasteiger partial charge >= 0.3 is 0 Å². The molecule has 82 valence electrons. The van der Waals surface area contributed by atoms with Gasteiger partial charge in [-0.15, -0.1) is 0 Å². The molecule has 0 amide bonds. The first-order valence-electron chi connectivity index (χ1n) is 5.39. The van der Waals surface area contributed by atoms with Gasteiger partial charge in [0.25, 0.3) is 0 Å². The van der Waals surface area contributed by atoms with Gasteiger partial charge in [0.05, 0.1) is 5.56 Å². The van der Waals surface area contributed by atoms with Gasteiger partial charge in [-0.3, -0.25) is 4.79 Å². The summed E-state index contributed by atoms with van der Waals surface area (Å²) in [6.45, 7) is 3.47. The molecule has 0 aliphatic carbocycles. The van der Waals surface area contributed by atoms with Gasteiger partial charge in [-0.25, -0.2) is 0 Å². The molecule has 0 fully saturated rings. The summed E-state index contributed by atoms with van der Waals surface area (Å²) in [7, 11) is 0. The molecule has 0 bridgehead atoms. The van der Waals surface area contributed by atoms with Crippen molar-refractivity contribution in [2.45, 2.75) is 20.3 Å². The zero-order chi connectivity index (χ0) is 11.7. The second-order valence-corrected chi connectivity index (χ2v) is 3.89. The van der Waals surface area contributed by atoms with Crippen LogP contribution in [0.3, 0.4) is 0 Å². The van der Waals surface area contributed by atoms with Crippen LogP contribution < -0.4 is 0 Å². The van der Waals surface area contributed by atoms with Gasteiger partial charge in [0, 0.05) is 5.39 Å². The van der Waals surface area contributed by atoms with Crippen molar-refractivity contribution in [2.24, 2.45) is 0 Å². The van der Waals surface area contributed by atoms with Crippen molar-refractivity contribution in [1.82, 2.24) is 0 Å². The van der Waals surface area contributed by atoms with E-state index in [9.17, 15) is 9.90 Å². The fourth-order valence-corrected chi connectivity index (χ4v) is 2.06. The molecule has 0 aliphatic rings. The number of aromatic hydroxyl groups is 1. The van der Waals surface area contributed by atoms with Gasteiger partial charge in [-0.1, -0.05) is 37.3 Å². The Morgan fingerprint density at radius 1 is 1.31 bits per heavy atom. The summed E-state index contributed by atoms with van der Waals surface area (Å²) >= 11 is 0. The topological polar surface area (TPSA) is 37.3 Å². The number of carbonyl (C=O) groups excluding carboxylic acids is 1. The number of aryl methyl sites for hydroxylation is 1. The molecule has 0 unspecified atom stereocenters. The molecule has 0 saturated heterocycles. The number of rotatable bonds is 2. The number of phenols is 1. The lowest BCUT2D eigenvalue weighted by Gasteiger charge is -2.10. The van der Waals surface area contributed by atoms with Crippen LogP contribution in [0, 0.1) is 0 Å². The smallest absolute Gasteiger partial charge is 0.163 e. The second-order valence-electron chi connectivity index (χ2n) is 3.89. The van der Waals surface area contributed by atoms with Crippen LogP contribution in [0.15, 0.2) is 30.3 Å². The standard InChI is InChI=1S/C14H14O2/c1-3-10-8-11-6-4-5-7-12(11)14(16)13(10)9(2)15/h4-8,16H,3H2,1-2H3. The van der Waals surface area contributed by atoms with E-state index < -0.39 is 0 Å². The number of hydrogen-bond acceptors (Lipinski definition) is 2. The molecule has 0 saturated carbocycles. The van der Waals surface area contributed by atoms with Crippen molar-refractivity contribution in [3.63, 3.8) is 0 Å². The number of Topliss-reactive ketones (excluding diaryl/α,β-unsaturated/α-hetero) is 1. The predicted octanol–water partition coefficient (Wildman–Crippen LogP) is 3.31. The molecule has 1 N–H and O–H groups in total. The Hall–Kier alpha value is -1.83. The van der Waals surface area contributed by atoms with Crippen molar-refractivity contribution < 1.29 is 9.90 Å². The van der Waals surface area contributed by atoms with Crippen LogP contribution in [0.4, 0.5) is 0 Å². The molecule has 0 aromatic heterocycles. The number of carbonyl (C=O) groups is 1. The highest BCUT2D eigenvalue weighted by Crippen LogP contribution is 2.32. The van der Waals surface area contributed by atoms with Crippen molar-refractivity contribution in [3.8, 4) is 5.75 Å². The molecule has 0 atom stereocenters. The van der Waals surface area contributed by atoms with E-state index in [4.69, 9.17) is 0 Å². The molecule has 2 nitrogen and oxygen atoms in total. The van der Waals surface area contributed by atoms with Crippen LogP contribution in [0.5, 0.6) is 5.75 Å². The molecule has 2 rings (SSSR count). The summed E-state index contributed by atoms with van der Waals surface area (Å²) < 4.78 is 0. The Bertz CT molecular complexity index is 556. The van der Waals surface area contributed by atoms with Gasteiger partial charge in [-0.05, 0) is 24.3 Å². The second kappa shape index (κ2) is 3.97. The molecule has 2 aromatic rings. The van der Waals surface area contributed by atoms with Crippen molar-refractivity contribution in [2.75, 3.05) is 0 Å². The summed E-state index contributed by atoms with van der Waals surface area (Å²) in [6, 6.07) is 9.53. The van der Waals surface area contributed by atoms with Crippen LogP contribution in [-0.2, 0) is 6.42 Å². The summed E-state index contributed by atoms with van der Waals surface area (Å²) in [5.41, 5.74) is 1.37. The third-order valence-electron chi connectivity index (χ3n) is 2.84. The normalized spacial score (nSPS) is 10.6. The number of benzene rings is 2. The SMILES string of the molecule is CCc1cc2ccccc2c(O)c1C(C)=O. The van der Waals surface area contributed by atoms with E-state index in [1.165, 1.54) is 6.92 Å². The summed E-state index contributed by atoms with van der Waals surface area (Å²) in [5, 5.41) is 11.8. The van der Waals surface area contributed by atoms with E-state index in [0.717, 1.165) is 22.8 Å². The Morgan fingerprint density at radius 3 is 2.62 bits per heavy atom. The number of ketones is 1. The Morgan fingerprint density at radius 2 is 2.00 bits per heavy atom. The minimum Gasteiger partial charge on any atom is -0.507 e. The van der Waals surface area contributed by atoms with Gasteiger partial charge in [-0.2, -0.15) is 0 Å². The van der Waals surface area contributed by atoms with Crippen LogP contribution >= 0.6 is 0 Å². The number of fused-ring (bicyclic) bond motifs is 1. The quantitative estimate of drug-likeness (QED) is 0.779. The van der Waals surface area contributed by atoms with Crippen molar-refractivity contribution in [3.05, 3.63) is 41.5 Å². The summed E-state index contributed by atoms with van der Waals surface area (Å²) in [4.78, 5) is 11.5. The fourth-order valence-electron chi connectivity index (χ4n) is 2.06. The van der Waals surface area contributed by atoms with Crippen LogP contribution in [-0.4, -0.2) is 10.9 Å². The average molecular weight is 214 g/mol. The maximum absolute atomic E-state index is 11.5. The first-order valence-corrected chi connectivity index (χ1v) is 5.39. The monoisotopic (exact) mass is 214 g/mol. The minimum absolute atomic E-state index is 0.0832. The molecule has 2 heteroatoms. The van der Waals surface area contributed by atoms with Crippen LogP contribution in [0.1, 0.15) is 29.8 Å². The molecular formula is C14H14O2. The van der Waals surface area contributed by atoms with Crippen LogP contribution in [0.2, 0.25) is 0 Å². The largest absolute Gasteiger partial charge is 0.507 e. The lowest BCUT2D eigenvalue weighted by molar-refractivity contribution is 0.101. The third kappa shape index (κ3) is 1.56. The number of phenolic OH excluding ortho intramolecular Hbond substituents is 1. The molecule has 0 spiro atoms. The van der Waals surface area contributed by atoms with E-state index >= 15 is 0 Å². The zero-order valence-electron chi connectivity index (χ0n) is 9.45. The summed E-state index contributed by atoms with van der Waals surface area (Å²) in [5.74, 6) is 0.0301.